The van der Waals surface area contributed by atoms with E-state index in [0.717, 1.165) is 18.4 Å². The highest BCUT2D eigenvalue weighted by Gasteiger charge is 2.41. The molecule has 1 aromatic rings. The molecule has 3 nitrogen and oxygen atoms in total. The largest absolute Gasteiger partial charge is 0.461 e. The molecule has 1 fully saturated rings. The first-order valence-electron chi connectivity index (χ1n) is 6.99. The molecule has 0 saturated carbocycles. The van der Waals surface area contributed by atoms with Crippen molar-refractivity contribution in [1.29, 1.82) is 0 Å². The molecule has 2 atom stereocenters. The van der Waals surface area contributed by atoms with Crippen molar-refractivity contribution in [3.05, 3.63) is 35.9 Å². The van der Waals surface area contributed by atoms with E-state index in [9.17, 15) is 4.79 Å². The second-order valence-corrected chi connectivity index (χ2v) is 5.54. The summed E-state index contributed by atoms with van der Waals surface area (Å²) in [6.07, 6.45) is 1.82. The van der Waals surface area contributed by atoms with Crippen LogP contribution in [0.25, 0.3) is 0 Å². The lowest BCUT2D eigenvalue weighted by Crippen LogP contribution is -2.46. The summed E-state index contributed by atoms with van der Waals surface area (Å²) in [6, 6.07) is 10.1. The van der Waals surface area contributed by atoms with Gasteiger partial charge < -0.3 is 9.47 Å². The topological polar surface area (TPSA) is 35.5 Å². The third-order valence-corrected chi connectivity index (χ3v) is 3.41. The summed E-state index contributed by atoms with van der Waals surface area (Å²) in [4.78, 5) is 11.4. The number of rotatable bonds is 7. The van der Waals surface area contributed by atoms with Gasteiger partial charge in [-0.2, -0.15) is 0 Å². The van der Waals surface area contributed by atoms with Gasteiger partial charge in [0.2, 0.25) is 0 Å². The van der Waals surface area contributed by atoms with Crippen LogP contribution in [0.15, 0.2) is 30.3 Å². The summed E-state index contributed by atoms with van der Waals surface area (Å²) in [7, 11) is 0. The lowest BCUT2D eigenvalue weighted by atomic mass is 9.88. The van der Waals surface area contributed by atoms with E-state index in [1.807, 2.05) is 30.3 Å². The van der Waals surface area contributed by atoms with Crippen molar-refractivity contribution in [2.24, 2.45) is 11.8 Å². The summed E-state index contributed by atoms with van der Waals surface area (Å²) in [5, 5.41) is 0. The van der Waals surface area contributed by atoms with Crippen molar-refractivity contribution in [3.63, 3.8) is 0 Å². The molecule has 1 aliphatic rings. The molecule has 0 aromatic heterocycles. The SMILES string of the molecule is CC(C)C[C@H]1OC(=O)[C@@H]1CCOCc1ccccc1. The fourth-order valence-corrected chi connectivity index (χ4v) is 2.35. The number of carbonyl (C=O) groups excluding carboxylic acids is 1. The maximum absolute atomic E-state index is 11.4. The fourth-order valence-electron chi connectivity index (χ4n) is 2.35. The van der Waals surface area contributed by atoms with Gasteiger partial charge in [-0.15, -0.1) is 0 Å². The molecule has 0 unspecified atom stereocenters. The Morgan fingerprint density at radius 1 is 1.26 bits per heavy atom. The van der Waals surface area contributed by atoms with Crippen LogP contribution in [0.4, 0.5) is 0 Å². The maximum Gasteiger partial charge on any atom is 0.313 e. The Labute approximate surface area is 114 Å². The average molecular weight is 262 g/mol. The minimum atomic E-state index is -0.0611. The zero-order valence-corrected chi connectivity index (χ0v) is 11.7. The minimum Gasteiger partial charge on any atom is -0.461 e. The van der Waals surface area contributed by atoms with Gasteiger partial charge in [-0.25, -0.2) is 0 Å². The molecular weight excluding hydrogens is 240 g/mol. The molecule has 0 radical (unpaired) electrons. The molecule has 2 rings (SSSR count). The van der Waals surface area contributed by atoms with Gasteiger partial charge in [0.25, 0.3) is 0 Å². The molecule has 1 heterocycles. The van der Waals surface area contributed by atoms with Crippen molar-refractivity contribution in [2.45, 2.75) is 39.4 Å². The van der Waals surface area contributed by atoms with E-state index in [1.54, 1.807) is 0 Å². The zero-order chi connectivity index (χ0) is 13.7. The second-order valence-electron chi connectivity index (χ2n) is 5.54. The van der Waals surface area contributed by atoms with Crippen molar-refractivity contribution >= 4 is 5.97 Å². The molecule has 0 N–H and O–H groups in total. The quantitative estimate of drug-likeness (QED) is 0.559. The molecule has 104 valence electrons. The Balaban J connectivity index is 1.66. The minimum absolute atomic E-state index is 0.0400. The second kappa shape index (κ2) is 6.71. The third kappa shape index (κ3) is 4.06. The summed E-state index contributed by atoms with van der Waals surface area (Å²) in [5.41, 5.74) is 1.16. The van der Waals surface area contributed by atoms with E-state index in [4.69, 9.17) is 9.47 Å². The van der Waals surface area contributed by atoms with E-state index in [0.29, 0.717) is 19.1 Å². The Hall–Kier alpha value is -1.35. The summed E-state index contributed by atoms with van der Waals surface area (Å²) < 4.78 is 10.8. The highest BCUT2D eigenvalue weighted by atomic mass is 16.6. The Morgan fingerprint density at radius 3 is 2.63 bits per heavy atom. The first kappa shape index (κ1) is 14.1. The van der Waals surface area contributed by atoms with Gasteiger partial charge in [-0.05, 0) is 24.3 Å². The normalized spacial score (nSPS) is 22.2. The predicted molar refractivity (Wildman–Crippen MR) is 73.5 cm³/mol. The number of benzene rings is 1. The summed E-state index contributed by atoms with van der Waals surface area (Å²) in [5.74, 6) is 0.540. The van der Waals surface area contributed by atoms with Crippen LogP contribution in [0.2, 0.25) is 0 Å². The van der Waals surface area contributed by atoms with E-state index in [1.165, 1.54) is 0 Å². The van der Waals surface area contributed by atoms with Crippen LogP contribution in [0.1, 0.15) is 32.3 Å². The monoisotopic (exact) mass is 262 g/mol. The lowest BCUT2D eigenvalue weighted by molar-refractivity contribution is -0.188. The first-order valence-corrected chi connectivity index (χ1v) is 6.99. The molecular formula is C16H22O3. The van der Waals surface area contributed by atoms with Crippen LogP contribution < -0.4 is 0 Å². The van der Waals surface area contributed by atoms with Crippen LogP contribution in [0, 0.1) is 11.8 Å². The van der Waals surface area contributed by atoms with Crippen LogP contribution in [-0.2, 0) is 20.9 Å². The maximum atomic E-state index is 11.4. The van der Waals surface area contributed by atoms with Gasteiger partial charge in [0, 0.05) is 6.61 Å². The van der Waals surface area contributed by atoms with E-state index < -0.39 is 0 Å². The van der Waals surface area contributed by atoms with Gasteiger partial charge >= 0.3 is 5.97 Å². The Bertz CT molecular complexity index is 400. The molecule has 1 saturated heterocycles. The molecule has 0 spiro atoms. The molecule has 0 aliphatic carbocycles. The average Bonchev–Trinajstić information content (AvgIpc) is 2.38. The van der Waals surface area contributed by atoms with Crippen molar-refractivity contribution in [3.8, 4) is 0 Å². The number of carbonyl (C=O) groups is 1. The standard InChI is InChI=1S/C16H22O3/c1-12(2)10-15-14(16(17)19-15)8-9-18-11-13-6-4-3-5-7-13/h3-7,12,14-15H,8-11H2,1-2H3/t14-,15-/m1/s1. The van der Waals surface area contributed by atoms with Crippen molar-refractivity contribution < 1.29 is 14.3 Å². The number of cyclic esters (lactones) is 1. The third-order valence-electron chi connectivity index (χ3n) is 3.41. The number of hydrogen-bond donors (Lipinski definition) is 0. The first-order chi connectivity index (χ1) is 9.16. The zero-order valence-electron chi connectivity index (χ0n) is 11.7. The van der Waals surface area contributed by atoms with Crippen LogP contribution in [0.5, 0.6) is 0 Å². The lowest BCUT2D eigenvalue weighted by Gasteiger charge is -2.36. The molecule has 0 amide bonds. The summed E-state index contributed by atoms with van der Waals surface area (Å²) in [6.45, 7) is 5.52. The van der Waals surface area contributed by atoms with Gasteiger partial charge in [-0.1, -0.05) is 44.2 Å². The van der Waals surface area contributed by atoms with E-state index in [2.05, 4.69) is 13.8 Å². The Morgan fingerprint density at radius 2 is 2.00 bits per heavy atom. The van der Waals surface area contributed by atoms with Gasteiger partial charge in [0.1, 0.15) is 6.10 Å². The highest BCUT2D eigenvalue weighted by Crippen LogP contribution is 2.30. The molecule has 1 aliphatic heterocycles. The van der Waals surface area contributed by atoms with Gasteiger partial charge in [0.05, 0.1) is 12.5 Å². The van der Waals surface area contributed by atoms with Crippen molar-refractivity contribution in [1.82, 2.24) is 0 Å². The molecule has 0 bridgehead atoms. The van der Waals surface area contributed by atoms with Crippen LogP contribution >= 0.6 is 0 Å². The predicted octanol–water partition coefficient (Wildman–Crippen LogP) is 3.18. The fraction of sp³-hybridized carbons (Fsp3) is 0.562. The van der Waals surface area contributed by atoms with Gasteiger partial charge in [-0.3, -0.25) is 4.79 Å². The smallest absolute Gasteiger partial charge is 0.313 e. The Kier molecular flexibility index (Phi) is 4.97. The van der Waals surface area contributed by atoms with E-state index in [-0.39, 0.29) is 18.0 Å². The molecule has 3 heteroatoms. The van der Waals surface area contributed by atoms with Gasteiger partial charge in [0.15, 0.2) is 0 Å². The highest BCUT2D eigenvalue weighted by molar-refractivity contribution is 5.78. The molecule has 19 heavy (non-hydrogen) atoms. The van der Waals surface area contributed by atoms with Crippen LogP contribution in [0.3, 0.4) is 0 Å². The number of esters is 1. The molecule has 1 aromatic carbocycles. The summed E-state index contributed by atoms with van der Waals surface area (Å²) >= 11 is 0. The number of ether oxygens (including phenoxy) is 2. The van der Waals surface area contributed by atoms with E-state index >= 15 is 0 Å². The van der Waals surface area contributed by atoms with Crippen molar-refractivity contribution in [2.75, 3.05) is 6.61 Å². The number of hydrogen-bond acceptors (Lipinski definition) is 3. The van der Waals surface area contributed by atoms with Crippen LogP contribution in [-0.4, -0.2) is 18.7 Å².